The summed E-state index contributed by atoms with van der Waals surface area (Å²) < 4.78 is 0. The molecule has 0 radical (unpaired) electrons. The number of piperidine rings is 2. The zero-order valence-electron chi connectivity index (χ0n) is 13.9. The monoisotopic (exact) mass is 295 g/mol. The van der Waals surface area contributed by atoms with Gasteiger partial charge in [-0.2, -0.15) is 0 Å². The van der Waals surface area contributed by atoms with Gasteiger partial charge in [-0.05, 0) is 58.7 Å². The highest BCUT2D eigenvalue weighted by molar-refractivity contribution is 5.78. The summed E-state index contributed by atoms with van der Waals surface area (Å²) in [6.45, 7) is 7.59. The van der Waals surface area contributed by atoms with E-state index in [2.05, 4.69) is 29.1 Å². The number of nitrogens with one attached hydrogen (secondary N) is 1. The number of hydrogen-bond donors (Lipinski definition) is 1. The van der Waals surface area contributed by atoms with Gasteiger partial charge >= 0.3 is 0 Å². The third kappa shape index (κ3) is 5.26. The summed E-state index contributed by atoms with van der Waals surface area (Å²) >= 11 is 0. The first kappa shape index (κ1) is 16.8. The second-order valence-corrected chi connectivity index (χ2v) is 6.84. The van der Waals surface area contributed by atoms with Crippen LogP contribution in [0, 0.1) is 5.92 Å². The molecule has 0 aromatic carbocycles. The van der Waals surface area contributed by atoms with E-state index in [0.29, 0.717) is 0 Å². The molecule has 1 amide bonds. The molecule has 0 spiro atoms. The van der Waals surface area contributed by atoms with Crippen molar-refractivity contribution >= 4 is 5.91 Å². The fourth-order valence-electron chi connectivity index (χ4n) is 3.84. The molecule has 2 saturated heterocycles. The summed E-state index contributed by atoms with van der Waals surface area (Å²) in [5.41, 5.74) is 0. The second-order valence-electron chi connectivity index (χ2n) is 6.84. The van der Waals surface area contributed by atoms with Crippen molar-refractivity contribution in [3.63, 3.8) is 0 Å². The third-order valence-electron chi connectivity index (χ3n) is 5.14. The van der Waals surface area contributed by atoms with Gasteiger partial charge in [0, 0.05) is 25.7 Å². The van der Waals surface area contributed by atoms with Crippen molar-refractivity contribution in [2.45, 2.75) is 57.9 Å². The molecule has 1 N–H and O–H groups in total. The van der Waals surface area contributed by atoms with Gasteiger partial charge in [0.1, 0.15) is 0 Å². The van der Waals surface area contributed by atoms with Crippen LogP contribution in [0.1, 0.15) is 51.9 Å². The molecule has 2 rings (SSSR count). The van der Waals surface area contributed by atoms with Gasteiger partial charge in [-0.15, -0.1) is 0 Å². The van der Waals surface area contributed by atoms with Gasteiger partial charge in [0.25, 0.3) is 0 Å². The molecule has 2 aliphatic rings. The molecular weight excluding hydrogens is 262 g/mol. The van der Waals surface area contributed by atoms with Crippen LogP contribution in [0.2, 0.25) is 0 Å². The maximum atomic E-state index is 12.2. The van der Waals surface area contributed by atoms with Gasteiger partial charge in [0.2, 0.25) is 5.91 Å². The average molecular weight is 295 g/mol. The van der Waals surface area contributed by atoms with Gasteiger partial charge in [-0.3, -0.25) is 4.79 Å². The first-order chi connectivity index (χ1) is 10.2. The summed E-state index contributed by atoms with van der Waals surface area (Å²) in [6.07, 6.45) is 8.65. The van der Waals surface area contributed by atoms with Crippen LogP contribution >= 0.6 is 0 Å². The number of hydrogen-bond acceptors (Lipinski definition) is 3. The molecule has 122 valence electrons. The fraction of sp³-hybridized carbons (Fsp3) is 0.941. The van der Waals surface area contributed by atoms with Crippen molar-refractivity contribution in [1.82, 2.24) is 15.1 Å². The number of nitrogens with zero attached hydrogens (tertiary/aromatic N) is 2. The van der Waals surface area contributed by atoms with E-state index in [4.69, 9.17) is 0 Å². The summed E-state index contributed by atoms with van der Waals surface area (Å²) in [6, 6.07) is 0.779. The van der Waals surface area contributed by atoms with Crippen LogP contribution in [0.25, 0.3) is 0 Å². The average Bonchev–Trinajstić information content (AvgIpc) is 2.51. The number of likely N-dealkylation sites (tertiary alicyclic amines) is 2. The molecule has 21 heavy (non-hydrogen) atoms. The van der Waals surface area contributed by atoms with Gasteiger partial charge in [-0.1, -0.05) is 13.3 Å². The minimum Gasteiger partial charge on any atom is -0.356 e. The summed E-state index contributed by atoms with van der Waals surface area (Å²) in [5.74, 6) is 0.481. The van der Waals surface area contributed by atoms with E-state index in [1.165, 1.54) is 32.2 Å². The summed E-state index contributed by atoms with van der Waals surface area (Å²) in [5, 5.41) is 3.15. The molecule has 0 saturated carbocycles. The van der Waals surface area contributed by atoms with Crippen molar-refractivity contribution in [3.8, 4) is 0 Å². The van der Waals surface area contributed by atoms with E-state index >= 15 is 0 Å². The molecule has 0 bridgehead atoms. The highest BCUT2D eigenvalue weighted by atomic mass is 16.1. The predicted molar refractivity (Wildman–Crippen MR) is 87.4 cm³/mol. The van der Waals surface area contributed by atoms with Crippen LogP contribution in [0.15, 0.2) is 0 Å². The maximum Gasteiger partial charge on any atom is 0.224 e. The standard InChI is InChI=1S/C17H33N3O/c1-3-16-9-4-5-12-20(16)13-7-10-18-17(21)15-8-6-11-19(2)14-15/h15-16H,3-14H2,1-2H3,(H,18,21)/t15-,16+/m1/s1. The van der Waals surface area contributed by atoms with E-state index in [1.54, 1.807) is 0 Å². The fourth-order valence-corrected chi connectivity index (χ4v) is 3.84. The van der Waals surface area contributed by atoms with Crippen LogP contribution in [0.3, 0.4) is 0 Å². The summed E-state index contributed by atoms with van der Waals surface area (Å²) in [4.78, 5) is 17.1. The van der Waals surface area contributed by atoms with Crippen molar-refractivity contribution in [2.24, 2.45) is 5.92 Å². The van der Waals surface area contributed by atoms with Gasteiger partial charge in [0.05, 0.1) is 5.92 Å². The SMILES string of the molecule is CC[C@H]1CCCCN1CCCNC(=O)[C@@H]1CCCN(C)C1. The van der Waals surface area contributed by atoms with E-state index in [-0.39, 0.29) is 11.8 Å². The first-order valence-corrected chi connectivity index (χ1v) is 8.91. The highest BCUT2D eigenvalue weighted by Crippen LogP contribution is 2.19. The number of amides is 1. The molecule has 2 atom stereocenters. The zero-order chi connectivity index (χ0) is 15.1. The Morgan fingerprint density at radius 1 is 1.19 bits per heavy atom. The van der Waals surface area contributed by atoms with Crippen LogP contribution in [0.5, 0.6) is 0 Å². The Morgan fingerprint density at radius 2 is 2.05 bits per heavy atom. The van der Waals surface area contributed by atoms with E-state index in [0.717, 1.165) is 51.5 Å². The van der Waals surface area contributed by atoms with Gasteiger partial charge in [-0.25, -0.2) is 0 Å². The molecule has 0 unspecified atom stereocenters. The predicted octanol–water partition coefficient (Wildman–Crippen LogP) is 2.10. The minimum atomic E-state index is 0.210. The van der Waals surface area contributed by atoms with Crippen molar-refractivity contribution in [3.05, 3.63) is 0 Å². The van der Waals surface area contributed by atoms with Gasteiger partial charge < -0.3 is 15.1 Å². The van der Waals surface area contributed by atoms with Crippen molar-refractivity contribution < 1.29 is 4.79 Å². The lowest BCUT2D eigenvalue weighted by Crippen LogP contribution is -2.43. The smallest absolute Gasteiger partial charge is 0.224 e. The molecule has 0 aromatic heterocycles. The Morgan fingerprint density at radius 3 is 2.81 bits per heavy atom. The van der Waals surface area contributed by atoms with Crippen LogP contribution in [-0.2, 0) is 4.79 Å². The number of rotatable bonds is 6. The molecule has 2 aliphatic heterocycles. The van der Waals surface area contributed by atoms with E-state index < -0.39 is 0 Å². The topological polar surface area (TPSA) is 35.6 Å². The Labute approximate surface area is 130 Å². The number of carbonyl (C=O) groups excluding carboxylic acids is 1. The minimum absolute atomic E-state index is 0.210. The normalized spacial score (nSPS) is 28.5. The van der Waals surface area contributed by atoms with Crippen LogP contribution < -0.4 is 5.32 Å². The maximum absolute atomic E-state index is 12.2. The van der Waals surface area contributed by atoms with Gasteiger partial charge in [0.15, 0.2) is 0 Å². The summed E-state index contributed by atoms with van der Waals surface area (Å²) in [7, 11) is 2.11. The van der Waals surface area contributed by atoms with Crippen LogP contribution in [-0.4, -0.2) is 61.5 Å². The molecular formula is C17H33N3O. The Kier molecular flexibility index (Phi) is 6.97. The Balaban J connectivity index is 1.61. The lowest BCUT2D eigenvalue weighted by molar-refractivity contribution is -0.126. The van der Waals surface area contributed by atoms with Crippen molar-refractivity contribution in [2.75, 3.05) is 39.8 Å². The second kappa shape index (κ2) is 8.74. The van der Waals surface area contributed by atoms with E-state index in [9.17, 15) is 4.79 Å². The Hall–Kier alpha value is -0.610. The molecule has 4 heteroatoms. The lowest BCUT2D eigenvalue weighted by Gasteiger charge is -2.35. The van der Waals surface area contributed by atoms with Crippen LogP contribution in [0.4, 0.5) is 0 Å². The lowest BCUT2D eigenvalue weighted by atomic mass is 9.97. The molecule has 0 aliphatic carbocycles. The quantitative estimate of drug-likeness (QED) is 0.762. The van der Waals surface area contributed by atoms with Crippen molar-refractivity contribution in [1.29, 1.82) is 0 Å². The molecule has 2 fully saturated rings. The zero-order valence-corrected chi connectivity index (χ0v) is 13.9. The highest BCUT2D eigenvalue weighted by Gasteiger charge is 2.24. The van der Waals surface area contributed by atoms with E-state index in [1.807, 2.05) is 0 Å². The molecule has 2 heterocycles. The Bertz CT molecular complexity index is 321. The first-order valence-electron chi connectivity index (χ1n) is 8.91. The largest absolute Gasteiger partial charge is 0.356 e. The number of carbonyl (C=O) groups is 1. The third-order valence-corrected chi connectivity index (χ3v) is 5.14. The molecule has 4 nitrogen and oxygen atoms in total. The molecule has 0 aromatic rings.